The Morgan fingerprint density at radius 2 is 2.09 bits per heavy atom. The maximum Gasteiger partial charge on any atom is 0.320 e. The molecule has 3 aliphatic rings. The van der Waals surface area contributed by atoms with Crippen molar-refractivity contribution in [3.05, 3.63) is 23.3 Å². The molecule has 0 aromatic rings. The number of carbonyl (C=O) groups is 3. The number of aliphatic hydroxyl groups excluding tert-OH is 2. The SMILES string of the molecule is C/C1=C/CC/C(CO)=C\[C@H]2OC(=O)C(CN3CCCC3C(=O)O)C2[C@@H](OC(=O)C(C)CO)C1. The number of likely N-dealkylation sites (tertiary alicyclic amines) is 1. The molecule has 0 amide bonds. The number of esters is 2. The number of fused-ring (bicyclic) bond motifs is 1. The van der Waals surface area contributed by atoms with Crippen LogP contribution in [0.3, 0.4) is 0 Å². The van der Waals surface area contributed by atoms with Crippen LogP contribution in [0.4, 0.5) is 0 Å². The molecular weight excluding hydrogens is 430 g/mol. The van der Waals surface area contributed by atoms with Crippen molar-refractivity contribution in [2.75, 3.05) is 26.3 Å². The topological polar surface area (TPSA) is 134 Å². The maximum absolute atomic E-state index is 13.0. The van der Waals surface area contributed by atoms with Gasteiger partial charge in [-0.25, -0.2) is 0 Å². The highest BCUT2D eigenvalue weighted by Crippen LogP contribution is 2.39. The van der Waals surface area contributed by atoms with Crippen molar-refractivity contribution < 1.29 is 39.2 Å². The molecule has 0 spiro atoms. The number of ether oxygens (including phenoxy) is 2. The molecule has 2 fully saturated rings. The average molecular weight is 466 g/mol. The molecule has 0 aromatic carbocycles. The van der Waals surface area contributed by atoms with Gasteiger partial charge in [-0.2, -0.15) is 0 Å². The summed E-state index contributed by atoms with van der Waals surface area (Å²) in [5.74, 6) is -3.85. The van der Waals surface area contributed by atoms with Crippen molar-refractivity contribution >= 4 is 17.9 Å². The fourth-order valence-corrected chi connectivity index (χ4v) is 5.02. The summed E-state index contributed by atoms with van der Waals surface area (Å²) in [6.07, 6.45) is 5.40. The van der Waals surface area contributed by atoms with Gasteiger partial charge >= 0.3 is 17.9 Å². The number of carboxylic acids is 1. The fourth-order valence-electron chi connectivity index (χ4n) is 5.02. The quantitative estimate of drug-likeness (QED) is 0.375. The molecule has 0 saturated carbocycles. The van der Waals surface area contributed by atoms with Gasteiger partial charge in [0.2, 0.25) is 0 Å². The van der Waals surface area contributed by atoms with Crippen LogP contribution in [-0.4, -0.2) is 82.7 Å². The van der Waals surface area contributed by atoms with Gasteiger partial charge in [-0.3, -0.25) is 19.3 Å². The molecule has 2 saturated heterocycles. The number of carbonyl (C=O) groups excluding carboxylic acids is 2. The number of aliphatic carboxylic acids is 1. The number of rotatable bonds is 7. The van der Waals surface area contributed by atoms with E-state index in [-0.39, 0.29) is 19.8 Å². The van der Waals surface area contributed by atoms with Gasteiger partial charge in [0.15, 0.2) is 0 Å². The third-order valence-electron chi connectivity index (χ3n) is 6.94. The molecule has 9 heteroatoms. The van der Waals surface area contributed by atoms with E-state index in [0.29, 0.717) is 32.2 Å². The predicted molar refractivity (Wildman–Crippen MR) is 118 cm³/mol. The Morgan fingerprint density at radius 1 is 1.33 bits per heavy atom. The summed E-state index contributed by atoms with van der Waals surface area (Å²) in [4.78, 5) is 39.1. The summed E-state index contributed by atoms with van der Waals surface area (Å²) < 4.78 is 11.6. The Kier molecular flexibility index (Phi) is 8.67. The first-order valence-corrected chi connectivity index (χ1v) is 11.7. The highest BCUT2D eigenvalue weighted by Gasteiger charge is 2.51. The van der Waals surface area contributed by atoms with Crippen LogP contribution in [0, 0.1) is 17.8 Å². The minimum atomic E-state index is -0.914. The van der Waals surface area contributed by atoms with Crippen LogP contribution in [0.1, 0.15) is 46.0 Å². The van der Waals surface area contributed by atoms with Gasteiger partial charge in [0.05, 0.1) is 31.0 Å². The molecule has 4 unspecified atom stereocenters. The molecule has 3 rings (SSSR count). The highest BCUT2D eigenvalue weighted by molar-refractivity contribution is 5.77. The Balaban J connectivity index is 1.96. The minimum absolute atomic E-state index is 0.169. The number of nitrogens with zero attached hydrogens (tertiary/aromatic N) is 1. The lowest BCUT2D eigenvalue weighted by Crippen LogP contribution is -2.45. The van der Waals surface area contributed by atoms with Crippen LogP contribution in [0.15, 0.2) is 23.3 Å². The van der Waals surface area contributed by atoms with Gasteiger partial charge < -0.3 is 24.8 Å². The summed E-state index contributed by atoms with van der Waals surface area (Å²) in [6.45, 7) is 3.75. The van der Waals surface area contributed by atoms with E-state index in [1.54, 1.807) is 17.9 Å². The zero-order chi connectivity index (χ0) is 24.1. The second-order valence-electron chi connectivity index (χ2n) is 9.41. The van der Waals surface area contributed by atoms with Gasteiger partial charge in [0, 0.05) is 13.0 Å². The lowest BCUT2D eigenvalue weighted by Gasteiger charge is -2.32. The second-order valence-corrected chi connectivity index (χ2v) is 9.41. The van der Waals surface area contributed by atoms with Gasteiger partial charge in [-0.05, 0) is 57.7 Å². The van der Waals surface area contributed by atoms with Gasteiger partial charge in [-0.15, -0.1) is 0 Å². The number of hydrogen-bond donors (Lipinski definition) is 3. The van der Waals surface area contributed by atoms with Crippen molar-refractivity contribution in [1.29, 1.82) is 0 Å². The van der Waals surface area contributed by atoms with E-state index in [4.69, 9.17) is 9.47 Å². The van der Waals surface area contributed by atoms with Crippen LogP contribution < -0.4 is 0 Å². The van der Waals surface area contributed by atoms with Gasteiger partial charge in [0.1, 0.15) is 18.2 Å². The first-order chi connectivity index (χ1) is 15.7. The Morgan fingerprint density at radius 3 is 2.76 bits per heavy atom. The zero-order valence-electron chi connectivity index (χ0n) is 19.3. The van der Waals surface area contributed by atoms with E-state index in [9.17, 15) is 29.7 Å². The number of aliphatic hydroxyl groups is 2. The third-order valence-corrected chi connectivity index (χ3v) is 6.94. The van der Waals surface area contributed by atoms with E-state index in [0.717, 1.165) is 17.6 Å². The molecule has 6 atom stereocenters. The largest absolute Gasteiger partial charge is 0.480 e. The first-order valence-electron chi connectivity index (χ1n) is 11.7. The normalized spacial score (nSPS) is 34.9. The number of carboxylic acid groups (broad SMARTS) is 1. The standard InChI is InChI=1S/C24H35NO8/c1-14-5-3-6-16(13-27)10-20-21(19(9-14)32-23(30)15(2)12-26)17(24(31)33-20)11-25-8-4-7-18(25)22(28)29/h5,10,15,17-21,26-27H,3-4,6-9,11-13H2,1-2H3,(H,28,29)/b14-5-,16-10+/t15?,17?,18?,19-,20+,21?/m0/s1. The predicted octanol–water partition coefficient (Wildman–Crippen LogP) is 1.28. The summed E-state index contributed by atoms with van der Waals surface area (Å²) in [7, 11) is 0. The molecule has 0 aromatic heterocycles. The molecular formula is C24H35NO8. The third kappa shape index (κ3) is 6.02. The molecule has 0 radical (unpaired) electrons. The smallest absolute Gasteiger partial charge is 0.320 e. The van der Waals surface area contributed by atoms with E-state index >= 15 is 0 Å². The summed E-state index contributed by atoms with van der Waals surface area (Å²) in [6, 6.07) is -0.656. The summed E-state index contributed by atoms with van der Waals surface area (Å²) in [5, 5.41) is 28.8. The van der Waals surface area contributed by atoms with Crippen molar-refractivity contribution in [1.82, 2.24) is 4.90 Å². The number of allylic oxidation sites excluding steroid dienone is 1. The Labute approximate surface area is 194 Å². The minimum Gasteiger partial charge on any atom is -0.480 e. The van der Waals surface area contributed by atoms with Crippen molar-refractivity contribution in [2.45, 2.75) is 64.2 Å². The molecule has 184 valence electrons. The summed E-state index contributed by atoms with van der Waals surface area (Å²) >= 11 is 0. The van der Waals surface area contributed by atoms with Crippen LogP contribution in [0.5, 0.6) is 0 Å². The van der Waals surface area contributed by atoms with Crippen molar-refractivity contribution in [3.63, 3.8) is 0 Å². The molecule has 33 heavy (non-hydrogen) atoms. The fraction of sp³-hybridized carbons (Fsp3) is 0.708. The van der Waals surface area contributed by atoms with Gasteiger partial charge in [0.25, 0.3) is 0 Å². The molecule has 2 heterocycles. The van der Waals surface area contributed by atoms with E-state index in [1.807, 2.05) is 13.0 Å². The highest BCUT2D eigenvalue weighted by atomic mass is 16.6. The molecule has 2 aliphatic heterocycles. The average Bonchev–Trinajstić information content (AvgIpc) is 3.36. The van der Waals surface area contributed by atoms with Gasteiger partial charge in [-0.1, -0.05) is 11.6 Å². The summed E-state index contributed by atoms with van der Waals surface area (Å²) in [5.41, 5.74) is 1.73. The second kappa shape index (κ2) is 11.3. The van der Waals surface area contributed by atoms with Crippen LogP contribution >= 0.6 is 0 Å². The van der Waals surface area contributed by atoms with Crippen LogP contribution in [0.25, 0.3) is 0 Å². The van der Waals surface area contributed by atoms with E-state index < -0.39 is 53.9 Å². The lowest BCUT2D eigenvalue weighted by molar-refractivity contribution is -0.159. The van der Waals surface area contributed by atoms with E-state index in [1.165, 1.54) is 0 Å². The molecule has 1 aliphatic carbocycles. The van der Waals surface area contributed by atoms with E-state index in [2.05, 4.69) is 0 Å². The Hall–Kier alpha value is -2.23. The molecule has 3 N–H and O–H groups in total. The zero-order valence-corrected chi connectivity index (χ0v) is 19.3. The van der Waals surface area contributed by atoms with Crippen molar-refractivity contribution in [2.24, 2.45) is 17.8 Å². The molecule has 9 nitrogen and oxygen atoms in total. The molecule has 0 bridgehead atoms. The maximum atomic E-state index is 13.0. The van der Waals surface area contributed by atoms with Crippen molar-refractivity contribution in [3.8, 4) is 0 Å². The van der Waals surface area contributed by atoms with Crippen LogP contribution in [0.2, 0.25) is 0 Å². The van der Waals surface area contributed by atoms with Crippen LogP contribution in [-0.2, 0) is 23.9 Å². The first kappa shape index (κ1) is 25.4. The number of hydrogen-bond acceptors (Lipinski definition) is 8. The Bertz CT molecular complexity index is 806. The lowest BCUT2D eigenvalue weighted by atomic mass is 9.81. The monoisotopic (exact) mass is 465 g/mol.